The van der Waals surface area contributed by atoms with Gasteiger partial charge >= 0.3 is 0 Å². The Morgan fingerprint density at radius 2 is 1.53 bits per heavy atom. The van der Waals surface area contributed by atoms with Gasteiger partial charge in [-0.1, -0.05) is 42.5 Å². The van der Waals surface area contributed by atoms with Crippen LogP contribution < -0.4 is 0 Å². The molecule has 0 spiro atoms. The number of benzene rings is 3. The average molecular weight is 257 g/mol. The quantitative estimate of drug-likeness (QED) is 0.372. The predicted octanol–water partition coefficient (Wildman–Crippen LogP) is 3.82. The highest BCUT2D eigenvalue weighted by Gasteiger charge is 2.02. The van der Waals surface area contributed by atoms with Gasteiger partial charge in [-0.25, -0.2) is 0 Å². The summed E-state index contributed by atoms with van der Waals surface area (Å²) in [6, 6.07) is 20.7. The molecule has 0 unspecified atom stereocenters. The van der Waals surface area contributed by atoms with E-state index in [9.17, 15) is 0 Å². The molecule has 0 atom stereocenters. The average Bonchev–Trinajstić information content (AvgIpc) is 2.37. The lowest BCUT2D eigenvalue weighted by molar-refractivity contribution is 1.45. The molecule has 0 aliphatic carbocycles. The lowest BCUT2D eigenvalue weighted by Crippen LogP contribution is -1.90. The molecule has 2 heteroatoms. The molecular formula is C15H13ClSi. The SMILES string of the molecule is Cl[SiH2]Cc1cccc2cc3ccccc3cc12. The maximum Gasteiger partial charge on any atom is 0.129 e. The van der Waals surface area contributed by atoms with Crippen molar-refractivity contribution >= 4 is 41.5 Å². The number of halogens is 1. The van der Waals surface area contributed by atoms with Crippen molar-refractivity contribution in [1.82, 2.24) is 0 Å². The van der Waals surface area contributed by atoms with Crippen LogP contribution in [0.25, 0.3) is 21.5 Å². The van der Waals surface area contributed by atoms with Crippen molar-refractivity contribution in [2.75, 3.05) is 0 Å². The van der Waals surface area contributed by atoms with Gasteiger partial charge in [0.25, 0.3) is 0 Å². The van der Waals surface area contributed by atoms with Gasteiger partial charge in [0, 0.05) is 0 Å². The first kappa shape index (κ1) is 10.8. The zero-order valence-corrected chi connectivity index (χ0v) is 11.7. The van der Waals surface area contributed by atoms with Gasteiger partial charge in [0.1, 0.15) is 8.83 Å². The van der Waals surface area contributed by atoms with E-state index >= 15 is 0 Å². The van der Waals surface area contributed by atoms with E-state index in [4.69, 9.17) is 11.1 Å². The van der Waals surface area contributed by atoms with Gasteiger partial charge in [-0.05, 0) is 45.3 Å². The zero-order chi connectivity index (χ0) is 11.7. The molecule has 17 heavy (non-hydrogen) atoms. The Hall–Kier alpha value is -1.31. The van der Waals surface area contributed by atoms with Gasteiger partial charge in [-0.15, -0.1) is 0 Å². The summed E-state index contributed by atoms with van der Waals surface area (Å²) < 4.78 is 0. The fourth-order valence-electron chi connectivity index (χ4n) is 2.35. The lowest BCUT2D eigenvalue weighted by atomic mass is 10.0. The van der Waals surface area contributed by atoms with Gasteiger partial charge in [0.05, 0.1) is 0 Å². The van der Waals surface area contributed by atoms with Crippen molar-refractivity contribution in [3.05, 3.63) is 60.2 Å². The van der Waals surface area contributed by atoms with Crippen molar-refractivity contribution in [3.8, 4) is 0 Å². The van der Waals surface area contributed by atoms with Crippen molar-refractivity contribution in [2.45, 2.75) is 6.04 Å². The molecular weight excluding hydrogens is 244 g/mol. The molecule has 3 rings (SSSR count). The molecule has 0 heterocycles. The molecule has 0 N–H and O–H groups in total. The van der Waals surface area contributed by atoms with Gasteiger partial charge in [0.2, 0.25) is 0 Å². The van der Waals surface area contributed by atoms with Crippen molar-refractivity contribution < 1.29 is 0 Å². The third kappa shape index (κ3) is 1.96. The summed E-state index contributed by atoms with van der Waals surface area (Å²) in [4.78, 5) is 0. The molecule has 0 aliphatic heterocycles. The maximum absolute atomic E-state index is 5.99. The predicted molar refractivity (Wildman–Crippen MR) is 79.6 cm³/mol. The normalized spacial score (nSPS) is 11.8. The Kier molecular flexibility index (Phi) is 2.87. The molecule has 0 aromatic heterocycles. The highest BCUT2D eigenvalue weighted by molar-refractivity contribution is 6.93. The minimum absolute atomic E-state index is 0.452. The Labute approximate surface area is 108 Å². The van der Waals surface area contributed by atoms with Crippen LogP contribution in [0, 0.1) is 0 Å². The fraction of sp³-hybridized carbons (Fsp3) is 0.0667. The van der Waals surface area contributed by atoms with Crippen molar-refractivity contribution in [1.29, 1.82) is 0 Å². The van der Waals surface area contributed by atoms with Crippen LogP contribution in [0.1, 0.15) is 5.56 Å². The van der Waals surface area contributed by atoms with Crippen LogP contribution in [0.4, 0.5) is 0 Å². The first-order valence-electron chi connectivity index (χ1n) is 5.85. The summed E-state index contributed by atoms with van der Waals surface area (Å²) in [6.45, 7) is 0. The summed E-state index contributed by atoms with van der Waals surface area (Å²) in [5.74, 6) is 0. The molecule has 3 aromatic carbocycles. The van der Waals surface area contributed by atoms with Crippen LogP contribution in [0.5, 0.6) is 0 Å². The Morgan fingerprint density at radius 3 is 2.29 bits per heavy atom. The molecule has 0 aliphatic rings. The third-order valence-corrected chi connectivity index (χ3v) is 4.50. The summed E-state index contributed by atoms with van der Waals surface area (Å²) >= 11 is 5.99. The molecule has 0 saturated heterocycles. The van der Waals surface area contributed by atoms with Gasteiger partial charge < -0.3 is 0 Å². The number of hydrogen-bond acceptors (Lipinski definition) is 0. The molecule has 0 fully saturated rings. The van der Waals surface area contributed by atoms with Crippen LogP contribution in [-0.2, 0) is 6.04 Å². The second-order valence-electron chi connectivity index (χ2n) is 4.28. The lowest BCUT2D eigenvalue weighted by Gasteiger charge is -2.07. The number of hydrogen-bond donors (Lipinski definition) is 0. The number of fused-ring (bicyclic) bond motifs is 2. The van der Waals surface area contributed by atoms with Crippen molar-refractivity contribution in [3.63, 3.8) is 0 Å². The second kappa shape index (κ2) is 4.51. The second-order valence-corrected chi connectivity index (χ2v) is 6.29. The van der Waals surface area contributed by atoms with Crippen molar-refractivity contribution in [2.24, 2.45) is 0 Å². The summed E-state index contributed by atoms with van der Waals surface area (Å²) in [7, 11) is -0.452. The summed E-state index contributed by atoms with van der Waals surface area (Å²) in [5.41, 5.74) is 1.40. The highest BCUT2D eigenvalue weighted by Crippen LogP contribution is 2.25. The van der Waals surface area contributed by atoms with E-state index in [1.54, 1.807) is 0 Å². The van der Waals surface area contributed by atoms with Crippen LogP contribution in [0.2, 0.25) is 0 Å². The molecule has 84 valence electrons. The fourth-order valence-corrected chi connectivity index (χ4v) is 3.60. The monoisotopic (exact) mass is 256 g/mol. The van der Waals surface area contributed by atoms with Gasteiger partial charge in [-0.2, -0.15) is 11.1 Å². The maximum atomic E-state index is 5.99. The van der Waals surface area contributed by atoms with E-state index in [1.165, 1.54) is 27.1 Å². The minimum Gasteiger partial charge on any atom is -0.176 e. The van der Waals surface area contributed by atoms with E-state index in [-0.39, 0.29) is 0 Å². The summed E-state index contributed by atoms with van der Waals surface area (Å²) in [5, 5.41) is 5.30. The van der Waals surface area contributed by atoms with Gasteiger partial charge in [0.15, 0.2) is 0 Å². The van der Waals surface area contributed by atoms with Crippen LogP contribution in [0.3, 0.4) is 0 Å². The van der Waals surface area contributed by atoms with E-state index in [0.717, 1.165) is 6.04 Å². The van der Waals surface area contributed by atoms with E-state index in [1.807, 2.05) is 0 Å². The highest BCUT2D eigenvalue weighted by atomic mass is 35.6. The minimum atomic E-state index is -0.452. The molecule has 0 saturated carbocycles. The topological polar surface area (TPSA) is 0 Å². The molecule has 0 radical (unpaired) electrons. The van der Waals surface area contributed by atoms with E-state index in [2.05, 4.69) is 54.6 Å². The first-order chi connectivity index (χ1) is 8.38. The van der Waals surface area contributed by atoms with Gasteiger partial charge in [-0.3, -0.25) is 0 Å². The first-order valence-corrected chi connectivity index (χ1v) is 8.98. The smallest absolute Gasteiger partial charge is 0.129 e. The van der Waals surface area contributed by atoms with Crippen LogP contribution >= 0.6 is 11.1 Å². The zero-order valence-electron chi connectivity index (χ0n) is 9.49. The standard InChI is InChI=1S/C15H13ClSi/c16-17-10-14-7-3-6-13-8-11-4-1-2-5-12(11)9-15(13)14/h1-9H,10,17H2. The largest absolute Gasteiger partial charge is 0.176 e. The molecule has 0 bridgehead atoms. The number of rotatable bonds is 2. The Balaban J connectivity index is 2.35. The molecule has 0 amide bonds. The third-order valence-electron chi connectivity index (χ3n) is 3.20. The van der Waals surface area contributed by atoms with Crippen LogP contribution in [-0.4, -0.2) is 8.83 Å². The molecule has 3 aromatic rings. The van der Waals surface area contributed by atoms with E-state index < -0.39 is 8.83 Å². The molecule has 0 nitrogen and oxygen atoms in total. The van der Waals surface area contributed by atoms with E-state index in [0.29, 0.717) is 0 Å². The Bertz CT molecular complexity index is 676. The summed E-state index contributed by atoms with van der Waals surface area (Å²) in [6.07, 6.45) is 0. The van der Waals surface area contributed by atoms with Crippen LogP contribution in [0.15, 0.2) is 54.6 Å². The Morgan fingerprint density at radius 1 is 0.824 bits per heavy atom.